The molecule has 4 nitrogen and oxygen atoms in total. The maximum Gasteiger partial charge on any atom is 0.127 e. The molecule has 0 radical (unpaired) electrons. The van der Waals surface area contributed by atoms with Gasteiger partial charge in [0.1, 0.15) is 5.82 Å². The first-order valence-electron chi connectivity index (χ1n) is 8.59. The second kappa shape index (κ2) is 7.55. The normalized spacial score (nSPS) is 15.8. The third kappa shape index (κ3) is 4.29. The summed E-state index contributed by atoms with van der Waals surface area (Å²) in [5.74, 6) is 0.917. The highest BCUT2D eigenvalue weighted by molar-refractivity contribution is 5.48. The van der Waals surface area contributed by atoms with Gasteiger partial charge in [-0.25, -0.2) is 9.97 Å². The molecule has 0 bridgehead atoms. The highest BCUT2D eigenvalue weighted by atomic mass is 15.1. The van der Waals surface area contributed by atoms with Crippen molar-refractivity contribution >= 4 is 5.69 Å². The fourth-order valence-electron chi connectivity index (χ4n) is 3.08. The number of aromatic nitrogens is 2. The monoisotopic (exact) mass is 310 g/mol. The topological polar surface area (TPSA) is 41.1 Å². The molecule has 1 N–H and O–H groups in total. The molecule has 1 saturated heterocycles. The number of hydrogen-bond acceptors (Lipinski definition) is 4. The number of aryl methyl sites for hydroxylation is 2. The van der Waals surface area contributed by atoms with Crippen LogP contribution in [-0.4, -0.2) is 29.1 Å². The molecule has 0 unspecified atom stereocenters. The van der Waals surface area contributed by atoms with Gasteiger partial charge >= 0.3 is 0 Å². The average Bonchev–Trinajstić information content (AvgIpc) is 2.61. The van der Waals surface area contributed by atoms with E-state index in [4.69, 9.17) is 0 Å². The van der Waals surface area contributed by atoms with Crippen LogP contribution in [0.5, 0.6) is 0 Å². The van der Waals surface area contributed by atoms with Crippen LogP contribution in [-0.2, 0) is 13.0 Å². The van der Waals surface area contributed by atoms with E-state index in [0.29, 0.717) is 6.04 Å². The van der Waals surface area contributed by atoms with Crippen LogP contribution in [0, 0.1) is 6.92 Å². The van der Waals surface area contributed by atoms with E-state index in [1.54, 1.807) is 0 Å². The van der Waals surface area contributed by atoms with Gasteiger partial charge in [-0.05, 0) is 37.5 Å². The third-order valence-electron chi connectivity index (χ3n) is 4.53. The quantitative estimate of drug-likeness (QED) is 0.921. The molecule has 1 aliphatic heterocycles. The highest BCUT2D eigenvalue weighted by Gasteiger charge is 2.19. The maximum atomic E-state index is 4.36. The van der Waals surface area contributed by atoms with Gasteiger partial charge in [-0.3, -0.25) is 0 Å². The van der Waals surface area contributed by atoms with Gasteiger partial charge in [-0.15, -0.1) is 0 Å². The zero-order valence-corrected chi connectivity index (χ0v) is 14.1. The zero-order chi connectivity index (χ0) is 16.1. The summed E-state index contributed by atoms with van der Waals surface area (Å²) in [4.78, 5) is 11.2. The highest BCUT2D eigenvalue weighted by Crippen LogP contribution is 2.21. The molecule has 2 aromatic rings. The van der Waals surface area contributed by atoms with Crippen LogP contribution in [0.2, 0.25) is 0 Å². The molecular formula is C19H26N4. The Bertz CT molecular complexity index is 616. The number of piperidine rings is 1. The summed E-state index contributed by atoms with van der Waals surface area (Å²) in [6.07, 6.45) is 7.15. The lowest BCUT2D eigenvalue weighted by atomic mass is 10.0. The van der Waals surface area contributed by atoms with Gasteiger partial charge in [-0.2, -0.15) is 0 Å². The van der Waals surface area contributed by atoms with Crippen LogP contribution < -0.4 is 10.2 Å². The lowest BCUT2D eigenvalue weighted by molar-refractivity contribution is 0.413. The molecule has 1 aliphatic rings. The number of benzene rings is 1. The molecular weight excluding hydrogens is 284 g/mol. The van der Waals surface area contributed by atoms with Crippen LogP contribution in [0.1, 0.15) is 36.7 Å². The third-order valence-corrected chi connectivity index (χ3v) is 4.53. The number of anilines is 1. The SMILES string of the molecule is CCc1ncc(CNC2CCN(c3cccc(C)c3)CC2)cn1. The molecule has 1 fully saturated rings. The summed E-state index contributed by atoms with van der Waals surface area (Å²) in [5, 5.41) is 3.65. The van der Waals surface area contributed by atoms with Gasteiger partial charge < -0.3 is 10.2 Å². The summed E-state index contributed by atoms with van der Waals surface area (Å²) in [7, 11) is 0. The molecule has 23 heavy (non-hydrogen) atoms. The van der Waals surface area contributed by atoms with E-state index in [1.165, 1.54) is 29.7 Å². The molecule has 1 aromatic heterocycles. The molecule has 0 atom stereocenters. The van der Waals surface area contributed by atoms with Gasteiger partial charge in [-0.1, -0.05) is 19.1 Å². The molecule has 4 heteroatoms. The Morgan fingerprint density at radius 2 is 1.91 bits per heavy atom. The second-order valence-electron chi connectivity index (χ2n) is 6.34. The second-order valence-corrected chi connectivity index (χ2v) is 6.34. The van der Waals surface area contributed by atoms with Crippen molar-refractivity contribution in [2.75, 3.05) is 18.0 Å². The Labute approximate surface area is 139 Å². The fourth-order valence-corrected chi connectivity index (χ4v) is 3.08. The van der Waals surface area contributed by atoms with Crippen molar-refractivity contribution in [3.63, 3.8) is 0 Å². The van der Waals surface area contributed by atoms with Crippen molar-refractivity contribution < 1.29 is 0 Å². The van der Waals surface area contributed by atoms with Crippen molar-refractivity contribution in [1.29, 1.82) is 0 Å². The van der Waals surface area contributed by atoms with Crippen molar-refractivity contribution in [1.82, 2.24) is 15.3 Å². The van der Waals surface area contributed by atoms with E-state index in [0.717, 1.165) is 31.9 Å². The number of nitrogens with one attached hydrogen (secondary N) is 1. The van der Waals surface area contributed by atoms with Gasteiger partial charge in [0.2, 0.25) is 0 Å². The summed E-state index contributed by atoms with van der Waals surface area (Å²) in [6, 6.07) is 9.38. The number of hydrogen-bond donors (Lipinski definition) is 1. The molecule has 0 amide bonds. The summed E-state index contributed by atoms with van der Waals surface area (Å²) >= 11 is 0. The van der Waals surface area contributed by atoms with E-state index in [9.17, 15) is 0 Å². The van der Waals surface area contributed by atoms with E-state index in [2.05, 4.69) is 58.3 Å². The molecule has 3 rings (SSSR count). The lowest BCUT2D eigenvalue weighted by Crippen LogP contribution is -2.42. The van der Waals surface area contributed by atoms with Crippen molar-refractivity contribution in [2.24, 2.45) is 0 Å². The predicted octanol–water partition coefficient (Wildman–Crippen LogP) is 3.11. The maximum absolute atomic E-state index is 4.36. The average molecular weight is 310 g/mol. The van der Waals surface area contributed by atoms with Crippen LogP contribution in [0.15, 0.2) is 36.7 Å². The van der Waals surface area contributed by atoms with Gasteiger partial charge in [0, 0.05) is 55.7 Å². The molecule has 1 aromatic carbocycles. The Morgan fingerprint density at radius 1 is 1.17 bits per heavy atom. The smallest absolute Gasteiger partial charge is 0.127 e. The first-order valence-corrected chi connectivity index (χ1v) is 8.59. The first-order chi connectivity index (χ1) is 11.2. The summed E-state index contributed by atoms with van der Waals surface area (Å²) in [6.45, 7) is 7.33. The van der Waals surface area contributed by atoms with Crippen LogP contribution >= 0.6 is 0 Å². The Balaban J connectivity index is 1.47. The van der Waals surface area contributed by atoms with E-state index in [1.807, 2.05) is 12.4 Å². The Hall–Kier alpha value is -1.94. The van der Waals surface area contributed by atoms with Crippen molar-refractivity contribution in [3.05, 3.63) is 53.6 Å². The van der Waals surface area contributed by atoms with E-state index in [-0.39, 0.29) is 0 Å². The summed E-state index contributed by atoms with van der Waals surface area (Å²) in [5.41, 5.74) is 3.86. The largest absolute Gasteiger partial charge is 0.371 e. The fraction of sp³-hybridized carbons (Fsp3) is 0.474. The molecule has 122 valence electrons. The molecule has 0 saturated carbocycles. The first kappa shape index (κ1) is 15.9. The zero-order valence-electron chi connectivity index (χ0n) is 14.1. The molecule has 2 heterocycles. The summed E-state index contributed by atoms with van der Waals surface area (Å²) < 4.78 is 0. The van der Waals surface area contributed by atoms with Crippen molar-refractivity contribution in [2.45, 2.75) is 45.7 Å². The Kier molecular flexibility index (Phi) is 5.23. The number of nitrogens with zero attached hydrogens (tertiary/aromatic N) is 3. The van der Waals surface area contributed by atoms with E-state index >= 15 is 0 Å². The van der Waals surface area contributed by atoms with Crippen LogP contribution in [0.25, 0.3) is 0 Å². The predicted molar refractivity (Wildman–Crippen MR) is 94.7 cm³/mol. The van der Waals surface area contributed by atoms with E-state index < -0.39 is 0 Å². The van der Waals surface area contributed by atoms with Gasteiger partial charge in [0.15, 0.2) is 0 Å². The Morgan fingerprint density at radius 3 is 2.57 bits per heavy atom. The minimum Gasteiger partial charge on any atom is -0.371 e. The van der Waals surface area contributed by atoms with Crippen LogP contribution in [0.4, 0.5) is 5.69 Å². The van der Waals surface area contributed by atoms with Gasteiger partial charge in [0.25, 0.3) is 0 Å². The lowest BCUT2D eigenvalue weighted by Gasteiger charge is -2.34. The van der Waals surface area contributed by atoms with Crippen molar-refractivity contribution in [3.8, 4) is 0 Å². The van der Waals surface area contributed by atoms with Gasteiger partial charge in [0.05, 0.1) is 0 Å². The standard InChI is InChI=1S/C19H26N4/c1-3-19-21-13-16(14-22-19)12-20-17-7-9-23(10-8-17)18-6-4-5-15(2)11-18/h4-6,11,13-14,17,20H,3,7-10,12H2,1-2H3. The number of rotatable bonds is 5. The minimum atomic E-state index is 0.585. The van der Waals surface area contributed by atoms with Crippen LogP contribution in [0.3, 0.4) is 0 Å². The molecule has 0 aliphatic carbocycles. The minimum absolute atomic E-state index is 0.585. The molecule has 0 spiro atoms.